The molecule has 1 fully saturated rings. The zero-order valence-electron chi connectivity index (χ0n) is 9.58. The largest absolute Gasteiger partial charge is 0.378 e. The molecule has 2 rings (SSSR count). The highest BCUT2D eigenvalue weighted by Gasteiger charge is 2.28. The van der Waals surface area contributed by atoms with E-state index in [1.807, 2.05) is 6.92 Å². The van der Waals surface area contributed by atoms with Crippen LogP contribution in [0.1, 0.15) is 18.9 Å². The molecular weight excluding hydrogens is 226 g/mol. The highest BCUT2D eigenvalue weighted by Crippen LogP contribution is 2.21. The van der Waals surface area contributed by atoms with Gasteiger partial charge in [-0.05, 0) is 31.0 Å². The van der Waals surface area contributed by atoms with Gasteiger partial charge in [-0.15, -0.1) is 0 Å². The Morgan fingerprint density at radius 3 is 2.53 bits per heavy atom. The van der Waals surface area contributed by atoms with E-state index in [4.69, 9.17) is 4.74 Å². The van der Waals surface area contributed by atoms with E-state index in [0.29, 0.717) is 18.6 Å². The highest BCUT2D eigenvalue weighted by molar-refractivity contribution is 5.83. The van der Waals surface area contributed by atoms with Gasteiger partial charge in [-0.1, -0.05) is 0 Å². The summed E-state index contributed by atoms with van der Waals surface area (Å²) >= 11 is 0. The summed E-state index contributed by atoms with van der Waals surface area (Å²) in [6.45, 7) is 2.33. The van der Waals surface area contributed by atoms with Crippen LogP contribution in [0.15, 0.2) is 18.2 Å². The third-order valence-electron chi connectivity index (χ3n) is 2.95. The second-order valence-electron chi connectivity index (χ2n) is 4.50. The lowest BCUT2D eigenvalue weighted by atomic mass is 9.96. The molecule has 1 aromatic carbocycles. The molecule has 0 saturated carbocycles. The van der Waals surface area contributed by atoms with Gasteiger partial charge in [0.25, 0.3) is 0 Å². The summed E-state index contributed by atoms with van der Waals surface area (Å²) in [5.74, 6) is -1.46. The first kappa shape index (κ1) is 12.2. The summed E-state index contributed by atoms with van der Waals surface area (Å²) in [5, 5.41) is 0. The van der Waals surface area contributed by atoms with Gasteiger partial charge in [-0.2, -0.15) is 0 Å². The molecule has 2 nitrogen and oxygen atoms in total. The maximum absolute atomic E-state index is 12.9. The summed E-state index contributed by atoms with van der Waals surface area (Å²) in [6.07, 6.45) is 0.847. The van der Waals surface area contributed by atoms with Gasteiger partial charge in [0.15, 0.2) is 0 Å². The minimum atomic E-state index is -0.649. The van der Waals surface area contributed by atoms with Gasteiger partial charge in [-0.25, -0.2) is 8.78 Å². The minimum Gasteiger partial charge on any atom is -0.378 e. The van der Waals surface area contributed by atoms with Crippen LogP contribution in [0.3, 0.4) is 0 Å². The molecule has 2 atom stereocenters. The second kappa shape index (κ2) is 4.92. The third kappa shape index (κ3) is 3.09. The number of benzene rings is 1. The molecule has 1 aliphatic heterocycles. The van der Waals surface area contributed by atoms with E-state index in [9.17, 15) is 13.6 Å². The van der Waals surface area contributed by atoms with Crippen LogP contribution in [0.5, 0.6) is 0 Å². The van der Waals surface area contributed by atoms with Crippen molar-refractivity contribution in [1.29, 1.82) is 0 Å². The molecular formula is C13H14F2O2. The summed E-state index contributed by atoms with van der Waals surface area (Å²) in [7, 11) is 0. The van der Waals surface area contributed by atoms with Gasteiger partial charge in [0.2, 0.25) is 0 Å². The number of Topliss-reactive ketones (excluding diaryl/α,β-unsaturated/α-hetero) is 1. The van der Waals surface area contributed by atoms with E-state index >= 15 is 0 Å². The molecule has 0 bridgehead atoms. The summed E-state index contributed by atoms with van der Waals surface area (Å²) < 4.78 is 31.2. The molecule has 1 saturated heterocycles. The first-order valence-corrected chi connectivity index (χ1v) is 5.64. The van der Waals surface area contributed by atoms with E-state index < -0.39 is 11.6 Å². The molecule has 2 unspecified atom stereocenters. The Morgan fingerprint density at radius 2 is 2.00 bits per heavy atom. The van der Waals surface area contributed by atoms with Crippen molar-refractivity contribution in [3.63, 3.8) is 0 Å². The van der Waals surface area contributed by atoms with Crippen molar-refractivity contribution in [1.82, 2.24) is 0 Å². The Morgan fingerprint density at radius 1 is 1.35 bits per heavy atom. The summed E-state index contributed by atoms with van der Waals surface area (Å²) in [5.41, 5.74) is 0.382. The fourth-order valence-corrected chi connectivity index (χ4v) is 2.10. The molecule has 1 aliphatic rings. The molecule has 0 aliphatic carbocycles. The molecule has 1 aromatic rings. The van der Waals surface area contributed by atoms with Gasteiger partial charge in [0.05, 0.1) is 12.7 Å². The zero-order valence-corrected chi connectivity index (χ0v) is 9.58. The molecule has 92 valence electrons. The van der Waals surface area contributed by atoms with Gasteiger partial charge in [0, 0.05) is 18.4 Å². The number of ketones is 1. The van der Waals surface area contributed by atoms with Crippen molar-refractivity contribution in [3.05, 3.63) is 35.4 Å². The van der Waals surface area contributed by atoms with E-state index in [1.54, 1.807) is 0 Å². The van der Waals surface area contributed by atoms with Crippen molar-refractivity contribution in [2.24, 2.45) is 5.92 Å². The van der Waals surface area contributed by atoms with Crippen LogP contribution >= 0.6 is 0 Å². The van der Waals surface area contributed by atoms with Crippen LogP contribution in [-0.2, 0) is 16.0 Å². The predicted octanol–water partition coefficient (Wildman–Crippen LogP) is 2.50. The van der Waals surface area contributed by atoms with E-state index in [2.05, 4.69) is 0 Å². The zero-order chi connectivity index (χ0) is 12.4. The average molecular weight is 240 g/mol. The van der Waals surface area contributed by atoms with Gasteiger partial charge in [0.1, 0.15) is 17.4 Å². The Bertz CT molecular complexity index is 411. The van der Waals surface area contributed by atoms with Gasteiger partial charge < -0.3 is 4.74 Å². The summed E-state index contributed by atoms with van der Waals surface area (Å²) in [4.78, 5) is 11.9. The van der Waals surface area contributed by atoms with Crippen LogP contribution in [0.2, 0.25) is 0 Å². The van der Waals surface area contributed by atoms with Crippen LogP contribution in [0, 0.1) is 17.6 Å². The smallest absolute Gasteiger partial charge is 0.142 e. The predicted molar refractivity (Wildman–Crippen MR) is 58.6 cm³/mol. The lowest BCUT2D eigenvalue weighted by molar-refractivity contribution is -0.122. The molecule has 1 heterocycles. The van der Waals surface area contributed by atoms with Crippen LogP contribution < -0.4 is 0 Å². The SMILES string of the molecule is CC1CC(C(=O)Cc2cc(F)cc(F)c2)CO1. The molecule has 0 amide bonds. The van der Waals surface area contributed by atoms with Crippen LogP contribution in [0.25, 0.3) is 0 Å². The van der Waals surface area contributed by atoms with Crippen LogP contribution in [0.4, 0.5) is 8.78 Å². The lowest BCUT2D eigenvalue weighted by Gasteiger charge is -2.07. The molecule has 0 aromatic heterocycles. The lowest BCUT2D eigenvalue weighted by Crippen LogP contribution is -2.17. The standard InChI is InChI=1S/C13H14F2O2/c1-8-2-10(7-17-8)13(16)5-9-3-11(14)6-12(15)4-9/h3-4,6,8,10H,2,5,7H2,1H3. The number of hydrogen-bond donors (Lipinski definition) is 0. The van der Waals surface area contributed by atoms with Crippen molar-refractivity contribution in [2.75, 3.05) is 6.61 Å². The van der Waals surface area contributed by atoms with E-state index in [1.165, 1.54) is 12.1 Å². The van der Waals surface area contributed by atoms with Crippen molar-refractivity contribution < 1.29 is 18.3 Å². The average Bonchev–Trinajstić information content (AvgIpc) is 2.63. The fraction of sp³-hybridized carbons (Fsp3) is 0.462. The maximum atomic E-state index is 12.9. The molecule has 4 heteroatoms. The van der Waals surface area contributed by atoms with Crippen LogP contribution in [-0.4, -0.2) is 18.5 Å². The molecule has 17 heavy (non-hydrogen) atoms. The van der Waals surface area contributed by atoms with E-state index in [0.717, 1.165) is 6.07 Å². The first-order valence-electron chi connectivity index (χ1n) is 5.64. The van der Waals surface area contributed by atoms with Crippen molar-refractivity contribution in [3.8, 4) is 0 Å². The number of halogens is 2. The topological polar surface area (TPSA) is 26.3 Å². The Kier molecular flexibility index (Phi) is 3.52. The monoisotopic (exact) mass is 240 g/mol. The number of ether oxygens (including phenoxy) is 1. The Balaban J connectivity index is 2.03. The van der Waals surface area contributed by atoms with Gasteiger partial charge in [-0.3, -0.25) is 4.79 Å². The number of hydrogen-bond acceptors (Lipinski definition) is 2. The number of carbonyl (C=O) groups excluding carboxylic acids is 1. The van der Waals surface area contributed by atoms with Crippen molar-refractivity contribution >= 4 is 5.78 Å². The molecule has 0 N–H and O–H groups in total. The first-order chi connectivity index (χ1) is 8.04. The summed E-state index contributed by atoms with van der Waals surface area (Å²) in [6, 6.07) is 3.19. The number of rotatable bonds is 3. The fourth-order valence-electron chi connectivity index (χ4n) is 2.10. The highest BCUT2D eigenvalue weighted by atomic mass is 19.1. The Labute approximate surface area is 98.6 Å². The normalized spacial score (nSPS) is 23.9. The van der Waals surface area contributed by atoms with Gasteiger partial charge >= 0.3 is 0 Å². The molecule has 0 spiro atoms. The quantitative estimate of drug-likeness (QED) is 0.811. The number of carbonyl (C=O) groups is 1. The Hall–Kier alpha value is -1.29. The van der Waals surface area contributed by atoms with E-state index in [-0.39, 0.29) is 24.2 Å². The van der Waals surface area contributed by atoms with Crippen molar-refractivity contribution in [2.45, 2.75) is 25.9 Å². The third-order valence-corrected chi connectivity index (χ3v) is 2.95. The second-order valence-corrected chi connectivity index (χ2v) is 4.50. The maximum Gasteiger partial charge on any atom is 0.142 e. The molecule has 0 radical (unpaired) electrons. The minimum absolute atomic E-state index is 0.0145.